The number of ether oxygens (including phenoxy) is 3. The number of Topliss-reactive ketones (excluding diaryl/α,β-unsaturated/α-hetero) is 1. The molecule has 0 spiro atoms. The zero-order valence-corrected chi connectivity index (χ0v) is 20.1. The molecule has 0 saturated carbocycles. The topological polar surface area (TPSA) is 95.0 Å². The van der Waals surface area contributed by atoms with Gasteiger partial charge in [0.1, 0.15) is 18.0 Å². The van der Waals surface area contributed by atoms with E-state index in [4.69, 9.17) is 37.4 Å². The number of hydrogen-bond acceptors (Lipinski definition) is 7. The van der Waals surface area contributed by atoms with Gasteiger partial charge in [-0.15, -0.1) is 0 Å². The number of carbonyl (C=O) groups is 2. The fourth-order valence-corrected chi connectivity index (χ4v) is 3.57. The number of carbonyl (C=O) groups excluding carboxylic acids is 2. The second kappa shape index (κ2) is 11.4. The Hall–Kier alpha value is -2.51. The Labute approximate surface area is 197 Å². The quantitative estimate of drug-likeness (QED) is 0.359. The molecule has 0 aliphatic rings. The van der Waals surface area contributed by atoms with E-state index in [0.717, 1.165) is 0 Å². The summed E-state index contributed by atoms with van der Waals surface area (Å²) in [5.74, 6) is -1.62. The average Bonchev–Trinajstić information content (AvgIpc) is 2.72. The van der Waals surface area contributed by atoms with Crippen LogP contribution >= 0.6 is 23.2 Å². The van der Waals surface area contributed by atoms with Crippen LogP contribution in [0.25, 0.3) is 0 Å². The zero-order chi connectivity index (χ0) is 24.0. The van der Waals surface area contributed by atoms with E-state index in [1.54, 1.807) is 32.0 Å². The van der Waals surface area contributed by atoms with Crippen molar-refractivity contribution >= 4 is 35.0 Å². The smallest absolute Gasteiger partial charge is 0.309 e. The Morgan fingerprint density at radius 3 is 2.38 bits per heavy atom. The molecule has 174 valence electrons. The number of aromatic nitrogens is 1. The van der Waals surface area contributed by atoms with Crippen LogP contribution in [0.1, 0.15) is 44.6 Å². The number of esters is 1. The van der Waals surface area contributed by atoms with Crippen LogP contribution in [0.5, 0.6) is 17.2 Å². The predicted molar refractivity (Wildman–Crippen MR) is 122 cm³/mol. The van der Waals surface area contributed by atoms with E-state index in [1.165, 1.54) is 19.4 Å². The van der Waals surface area contributed by atoms with Crippen molar-refractivity contribution in [2.24, 2.45) is 11.8 Å². The maximum absolute atomic E-state index is 12.6. The lowest BCUT2D eigenvalue weighted by atomic mass is 10.0. The number of methoxy groups -OCH3 is 1. The number of benzene rings is 1. The SMILES string of the molecule is COc1ccnc(C(=O)C[C@@H](C)C(=O)O[C@@H](C)[C@H](Oc2ccc(Cl)cc2Cl)C(C)C)c1O. The lowest BCUT2D eigenvalue weighted by Crippen LogP contribution is -2.39. The Kier molecular flexibility index (Phi) is 9.16. The van der Waals surface area contributed by atoms with Crippen LogP contribution in [0.3, 0.4) is 0 Å². The van der Waals surface area contributed by atoms with Crippen LogP contribution in [-0.2, 0) is 9.53 Å². The van der Waals surface area contributed by atoms with Crippen LogP contribution in [0, 0.1) is 11.8 Å². The lowest BCUT2D eigenvalue weighted by Gasteiger charge is -2.29. The van der Waals surface area contributed by atoms with Crippen molar-refractivity contribution < 1.29 is 28.9 Å². The summed E-state index contributed by atoms with van der Waals surface area (Å²) in [5.41, 5.74) is -0.155. The molecule has 0 aliphatic heterocycles. The van der Waals surface area contributed by atoms with Crippen molar-refractivity contribution in [2.45, 2.75) is 46.3 Å². The fraction of sp³-hybridized carbons (Fsp3) is 0.435. The molecule has 2 rings (SSSR count). The van der Waals surface area contributed by atoms with Gasteiger partial charge in [-0.3, -0.25) is 9.59 Å². The molecule has 0 saturated heterocycles. The third-order valence-electron chi connectivity index (χ3n) is 4.84. The summed E-state index contributed by atoms with van der Waals surface area (Å²) in [4.78, 5) is 29.1. The van der Waals surface area contributed by atoms with Gasteiger partial charge in [-0.05, 0) is 31.0 Å². The van der Waals surface area contributed by atoms with E-state index in [-0.39, 0.29) is 29.5 Å². The van der Waals surface area contributed by atoms with Crippen LogP contribution in [0.4, 0.5) is 0 Å². The van der Waals surface area contributed by atoms with Gasteiger partial charge < -0.3 is 19.3 Å². The lowest BCUT2D eigenvalue weighted by molar-refractivity contribution is -0.158. The molecule has 0 unspecified atom stereocenters. The molecule has 7 nitrogen and oxygen atoms in total. The number of nitrogens with zero attached hydrogens (tertiary/aromatic N) is 1. The molecule has 0 aliphatic carbocycles. The van der Waals surface area contributed by atoms with E-state index in [9.17, 15) is 14.7 Å². The monoisotopic (exact) mass is 483 g/mol. The second-order valence-corrected chi connectivity index (χ2v) is 8.63. The first-order valence-electron chi connectivity index (χ1n) is 10.1. The third kappa shape index (κ3) is 6.50. The van der Waals surface area contributed by atoms with Crippen LogP contribution < -0.4 is 9.47 Å². The largest absolute Gasteiger partial charge is 0.503 e. The molecule has 2 aromatic rings. The Bertz CT molecular complexity index is 965. The van der Waals surface area contributed by atoms with Crippen molar-refractivity contribution in [3.63, 3.8) is 0 Å². The Balaban J connectivity index is 2.04. The standard InChI is InChI=1S/C23H27Cl2NO6/c1-12(2)22(32-18-7-6-15(24)11-16(18)25)14(4)31-23(29)13(3)10-17(27)20-21(28)19(30-5)8-9-26-20/h6-9,11-14,22,28H,10H2,1-5H3/t13-,14+,22-/m1/s1. The van der Waals surface area contributed by atoms with Gasteiger partial charge in [0.2, 0.25) is 0 Å². The first kappa shape index (κ1) is 25.7. The third-order valence-corrected chi connectivity index (χ3v) is 5.37. The van der Waals surface area contributed by atoms with E-state index in [2.05, 4.69) is 4.98 Å². The van der Waals surface area contributed by atoms with E-state index >= 15 is 0 Å². The Morgan fingerprint density at radius 2 is 1.78 bits per heavy atom. The minimum Gasteiger partial charge on any atom is -0.503 e. The summed E-state index contributed by atoms with van der Waals surface area (Å²) in [6, 6.07) is 6.32. The van der Waals surface area contributed by atoms with E-state index < -0.39 is 29.9 Å². The minimum absolute atomic E-state index is 0.000543. The van der Waals surface area contributed by atoms with Crippen molar-refractivity contribution in [1.82, 2.24) is 4.98 Å². The number of hydrogen-bond donors (Lipinski definition) is 1. The molecular weight excluding hydrogens is 457 g/mol. The first-order chi connectivity index (χ1) is 15.0. The maximum atomic E-state index is 12.6. The zero-order valence-electron chi connectivity index (χ0n) is 18.6. The van der Waals surface area contributed by atoms with Gasteiger partial charge in [0.15, 0.2) is 23.0 Å². The van der Waals surface area contributed by atoms with Crippen molar-refractivity contribution in [3.8, 4) is 17.2 Å². The molecule has 9 heteroatoms. The molecular formula is C23H27Cl2NO6. The van der Waals surface area contributed by atoms with Gasteiger partial charge in [0, 0.05) is 23.7 Å². The first-order valence-corrected chi connectivity index (χ1v) is 10.9. The second-order valence-electron chi connectivity index (χ2n) is 7.78. The number of pyridine rings is 1. The number of rotatable bonds is 10. The molecule has 1 N–H and O–H groups in total. The normalized spacial score (nSPS) is 13.9. The summed E-state index contributed by atoms with van der Waals surface area (Å²) in [6.07, 6.45) is 0.0680. The molecule has 1 aromatic carbocycles. The summed E-state index contributed by atoms with van der Waals surface area (Å²) in [5, 5.41) is 10.9. The predicted octanol–water partition coefficient (Wildman–Crippen LogP) is 5.35. The molecule has 0 bridgehead atoms. The van der Waals surface area contributed by atoms with E-state index in [0.29, 0.717) is 15.8 Å². The highest BCUT2D eigenvalue weighted by atomic mass is 35.5. The highest BCUT2D eigenvalue weighted by Crippen LogP contribution is 2.31. The fourth-order valence-electron chi connectivity index (χ4n) is 3.12. The van der Waals surface area contributed by atoms with Crippen molar-refractivity contribution in [2.75, 3.05) is 7.11 Å². The van der Waals surface area contributed by atoms with Crippen LogP contribution in [0.15, 0.2) is 30.5 Å². The van der Waals surface area contributed by atoms with Crippen LogP contribution in [0.2, 0.25) is 10.0 Å². The van der Waals surface area contributed by atoms with Crippen molar-refractivity contribution in [1.29, 1.82) is 0 Å². The van der Waals surface area contributed by atoms with Crippen LogP contribution in [-0.4, -0.2) is 41.2 Å². The maximum Gasteiger partial charge on any atom is 0.309 e. The number of halogens is 2. The van der Waals surface area contributed by atoms with Gasteiger partial charge in [-0.1, -0.05) is 44.0 Å². The van der Waals surface area contributed by atoms with Crippen molar-refractivity contribution in [3.05, 3.63) is 46.2 Å². The number of ketones is 1. The molecule has 0 radical (unpaired) electrons. The van der Waals surface area contributed by atoms with Gasteiger partial charge in [0.05, 0.1) is 18.1 Å². The summed E-state index contributed by atoms with van der Waals surface area (Å²) >= 11 is 12.1. The Morgan fingerprint density at radius 1 is 1.09 bits per heavy atom. The van der Waals surface area contributed by atoms with E-state index in [1.807, 2.05) is 13.8 Å². The number of aromatic hydroxyl groups is 1. The highest BCUT2D eigenvalue weighted by Gasteiger charge is 2.30. The summed E-state index contributed by atoms with van der Waals surface area (Å²) in [6.45, 7) is 7.16. The molecule has 0 amide bonds. The van der Waals surface area contributed by atoms with Gasteiger partial charge in [-0.25, -0.2) is 4.98 Å². The molecule has 1 heterocycles. The average molecular weight is 484 g/mol. The van der Waals surface area contributed by atoms with Gasteiger partial charge >= 0.3 is 5.97 Å². The summed E-state index contributed by atoms with van der Waals surface area (Å²) in [7, 11) is 1.37. The highest BCUT2D eigenvalue weighted by molar-refractivity contribution is 6.35. The van der Waals surface area contributed by atoms with Gasteiger partial charge in [0.25, 0.3) is 0 Å². The summed E-state index contributed by atoms with van der Waals surface area (Å²) < 4.78 is 16.6. The molecule has 3 atom stereocenters. The van der Waals surface area contributed by atoms with Gasteiger partial charge in [-0.2, -0.15) is 0 Å². The minimum atomic E-state index is -0.760. The molecule has 0 fully saturated rings. The molecule has 32 heavy (non-hydrogen) atoms. The molecule has 1 aromatic heterocycles.